The van der Waals surface area contributed by atoms with Gasteiger partial charge in [0.05, 0.1) is 12.2 Å². The molecule has 4 nitrogen and oxygen atoms in total. The molecule has 2 rings (SSSR count). The van der Waals surface area contributed by atoms with Crippen molar-refractivity contribution in [3.63, 3.8) is 0 Å². The van der Waals surface area contributed by atoms with E-state index in [0.717, 1.165) is 29.0 Å². The van der Waals surface area contributed by atoms with E-state index < -0.39 is 5.97 Å². The average Bonchev–Trinajstić information content (AvgIpc) is 2.52. The summed E-state index contributed by atoms with van der Waals surface area (Å²) in [6, 6.07) is 13.2. The van der Waals surface area contributed by atoms with Crippen LogP contribution in [0.5, 0.6) is 5.75 Å². The molecular formula is C18H21NO3. The van der Waals surface area contributed by atoms with Crippen LogP contribution in [0, 0.1) is 6.92 Å². The Bertz CT molecular complexity index is 653. The van der Waals surface area contributed by atoms with Crippen molar-refractivity contribution in [2.45, 2.75) is 26.8 Å². The maximum Gasteiger partial charge on any atom is 0.336 e. The average molecular weight is 299 g/mol. The van der Waals surface area contributed by atoms with E-state index in [1.54, 1.807) is 12.1 Å². The Morgan fingerprint density at radius 1 is 1.23 bits per heavy atom. The van der Waals surface area contributed by atoms with E-state index in [4.69, 9.17) is 9.84 Å². The van der Waals surface area contributed by atoms with Gasteiger partial charge in [0.15, 0.2) is 0 Å². The predicted octanol–water partition coefficient (Wildman–Crippen LogP) is 4.09. The summed E-state index contributed by atoms with van der Waals surface area (Å²) in [6.45, 7) is 5.21. The molecule has 0 saturated carbocycles. The SMILES string of the molecule is CCCOc1cccc(CNc2cccc(C(=O)O)c2C)c1. The first-order valence-electron chi connectivity index (χ1n) is 7.40. The van der Waals surface area contributed by atoms with Crippen LogP contribution in [0.15, 0.2) is 42.5 Å². The fourth-order valence-corrected chi connectivity index (χ4v) is 2.22. The van der Waals surface area contributed by atoms with Crippen LogP contribution >= 0.6 is 0 Å². The molecule has 4 heteroatoms. The molecule has 0 bridgehead atoms. The van der Waals surface area contributed by atoms with Gasteiger partial charge in [-0.15, -0.1) is 0 Å². The van der Waals surface area contributed by atoms with Crippen molar-refractivity contribution in [1.29, 1.82) is 0 Å². The van der Waals surface area contributed by atoms with E-state index in [9.17, 15) is 4.79 Å². The first-order valence-corrected chi connectivity index (χ1v) is 7.40. The second-order valence-corrected chi connectivity index (χ2v) is 5.13. The van der Waals surface area contributed by atoms with E-state index in [1.165, 1.54) is 0 Å². The van der Waals surface area contributed by atoms with Crippen LogP contribution in [0.1, 0.15) is 34.8 Å². The van der Waals surface area contributed by atoms with Gasteiger partial charge in [0, 0.05) is 12.2 Å². The van der Waals surface area contributed by atoms with Gasteiger partial charge < -0.3 is 15.2 Å². The molecule has 116 valence electrons. The zero-order chi connectivity index (χ0) is 15.9. The number of carbonyl (C=O) groups is 1. The molecule has 2 aromatic rings. The fraction of sp³-hybridized carbons (Fsp3) is 0.278. The van der Waals surface area contributed by atoms with Crippen LogP contribution in [0.25, 0.3) is 0 Å². The summed E-state index contributed by atoms with van der Waals surface area (Å²) in [5.74, 6) is -0.0479. The third-order valence-electron chi connectivity index (χ3n) is 3.42. The lowest BCUT2D eigenvalue weighted by atomic mass is 10.1. The van der Waals surface area contributed by atoms with Crippen LogP contribution in [-0.4, -0.2) is 17.7 Å². The predicted molar refractivity (Wildman–Crippen MR) is 87.7 cm³/mol. The fourth-order valence-electron chi connectivity index (χ4n) is 2.22. The lowest BCUT2D eigenvalue weighted by Crippen LogP contribution is -2.06. The summed E-state index contributed by atoms with van der Waals surface area (Å²) in [5, 5.41) is 12.4. The first-order chi connectivity index (χ1) is 10.6. The minimum absolute atomic E-state index is 0.324. The number of carboxylic acids is 1. The molecule has 0 heterocycles. The Morgan fingerprint density at radius 3 is 2.73 bits per heavy atom. The minimum Gasteiger partial charge on any atom is -0.494 e. The number of rotatable bonds is 7. The smallest absolute Gasteiger partial charge is 0.336 e. The Hall–Kier alpha value is -2.49. The maximum absolute atomic E-state index is 11.1. The molecule has 22 heavy (non-hydrogen) atoms. The minimum atomic E-state index is -0.906. The van der Waals surface area contributed by atoms with E-state index >= 15 is 0 Å². The highest BCUT2D eigenvalue weighted by atomic mass is 16.5. The molecule has 2 aromatic carbocycles. The summed E-state index contributed by atoms with van der Waals surface area (Å²) in [6.07, 6.45) is 0.976. The summed E-state index contributed by atoms with van der Waals surface area (Å²) < 4.78 is 5.62. The molecule has 0 aliphatic carbocycles. The molecular weight excluding hydrogens is 278 g/mol. The molecule has 0 amide bonds. The van der Waals surface area contributed by atoms with Gasteiger partial charge in [0.2, 0.25) is 0 Å². The molecule has 0 fully saturated rings. The maximum atomic E-state index is 11.1. The third-order valence-corrected chi connectivity index (χ3v) is 3.42. The van der Waals surface area contributed by atoms with Gasteiger partial charge in [-0.25, -0.2) is 4.79 Å². The molecule has 0 aliphatic heterocycles. The molecule has 0 spiro atoms. The van der Waals surface area contributed by atoms with Crippen LogP contribution < -0.4 is 10.1 Å². The Morgan fingerprint density at radius 2 is 2.00 bits per heavy atom. The van der Waals surface area contributed by atoms with E-state index in [-0.39, 0.29) is 0 Å². The normalized spacial score (nSPS) is 10.3. The van der Waals surface area contributed by atoms with Gasteiger partial charge in [0.25, 0.3) is 0 Å². The third kappa shape index (κ3) is 4.01. The monoisotopic (exact) mass is 299 g/mol. The summed E-state index contributed by atoms with van der Waals surface area (Å²) in [5.41, 5.74) is 2.99. The van der Waals surface area contributed by atoms with E-state index in [2.05, 4.69) is 12.2 Å². The van der Waals surface area contributed by atoms with Crippen LogP contribution in [0.2, 0.25) is 0 Å². The molecule has 0 atom stereocenters. The number of aromatic carboxylic acids is 1. The number of ether oxygens (including phenoxy) is 1. The van der Waals surface area contributed by atoms with Gasteiger partial charge in [-0.05, 0) is 48.7 Å². The van der Waals surface area contributed by atoms with E-state index in [1.807, 2.05) is 37.3 Å². The zero-order valence-electron chi connectivity index (χ0n) is 12.9. The Kier molecular flexibility index (Phi) is 5.42. The van der Waals surface area contributed by atoms with Crippen molar-refractivity contribution < 1.29 is 14.6 Å². The quantitative estimate of drug-likeness (QED) is 0.808. The number of hydrogen-bond acceptors (Lipinski definition) is 3. The highest BCUT2D eigenvalue weighted by Gasteiger charge is 2.09. The summed E-state index contributed by atoms with van der Waals surface area (Å²) >= 11 is 0. The second-order valence-electron chi connectivity index (χ2n) is 5.13. The molecule has 0 radical (unpaired) electrons. The van der Waals surface area contributed by atoms with Gasteiger partial charge in [-0.3, -0.25) is 0 Å². The van der Waals surface area contributed by atoms with Crippen LogP contribution in [0.3, 0.4) is 0 Å². The highest BCUT2D eigenvalue weighted by Crippen LogP contribution is 2.21. The molecule has 0 aromatic heterocycles. The second kappa shape index (κ2) is 7.50. The van der Waals surface area contributed by atoms with Crippen molar-refractivity contribution in [3.05, 3.63) is 59.2 Å². The van der Waals surface area contributed by atoms with Crippen molar-refractivity contribution >= 4 is 11.7 Å². The summed E-state index contributed by atoms with van der Waals surface area (Å²) in [7, 11) is 0. The number of nitrogens with one attached hydrogen (secondary N) is 1. The van der Waals surface area contributed by atoms with Crippen molar-refractivity contribution in [2.24, 2.45) is 0 Å². The van der Waals surface area contributed by atoms with Gasteiger partial charge in [0.1, 0.15) is 5.75 Å². The standard InChI is InChI=1S/C18H21NO3/c1-3-10-22-15-7-4-6-14(11-15)12-19-17-9-5-8-16(13(17)2)18(20)21/h4-9,11,19H,3,10,12H2,1-2H3,(H,20,21). The van der Waals surface area contributed by atoms with Crippen molar-refractivity contribution in [2.75, 3.05) is 11.9 Å². The summed E-state index contributed by atoms with van der Waals surface area (Å²) in [4.78, 5) is 11.1. The lowest BCUT2D eigenvalue weighted by molar-refractivity contribution is 0.0696. The van der Waals surface area contributed by atoms with Crippen LogP contribution in [0.4, 0.5) is 5.69 Å². The Labute approximate surface area is 130 Å². The topological polar surface area (TPSA) is 58.6 Å². The van der Waals surface area contributed by atoms with Crippen LogP contribution in [-0.2, 0) is 6.54 Å². The number of anilines is 1. The van der Waals surface area contributed by atoms with E-state index in [0.29, 0.717) is 18.7 Å². The molecule has 0 unspecified atom stereocenters. The largest absolute Gasteiger partial charge is 0.494 e. The highest BCUT2D eigenvalue weighted by molar-refractivity contribution is 5.91. The van der Waals surface area contributed by atoms with Gasteiger partial charge >= 0.3 is 5.97 Å². The number of hydrogen-bond donors (Lipinski definition) is 2. The molecule has 2 N–H and O–H groups in total. The molecule has 0 aliphatic rings. The van der Waals surface area contributed by atoms with Crippen molar-refractivity contribution in [3.8, 4) is 5.75 Å². The lowest BCUT2D eigenvalue weighted by Gasteiger charge is -2.12. The zero-order valence-corrected chi connectivity index (χ0v) is 12.9. The van der Waals surface area contributed by atoms with Gasteiger partial charge in [-0.1, -0.05) is 25.1 Å². The number of benzene rings is 2. The first kappa shape index (κ1) is 15.9. The molecule has 0 saturated heterocycles. The number of carboxylic acid groups (broad SMARTS) is 1. The van der Waals surface area contributed by atoms with Crippen molar-refractivity contribution in [1.82, 2.24) is 0 Å². The Balaban J connectivity index is 2.07. The van der Waals surface area contributed by atoms with Gasteiger partial charge in [-0.2, -0.15) is 0 Å².